The van der Waals surface area contributed by atoms with Crippen LogP contribution in [0.3, 0.4) is 0 Å². The number of aromatic nitrogens is 1. The zero-order valence-electron chi connectivity index (χ0n) is 13.6. The molecule has 1 aromatic rings. The highest BCUT2D eigenvalue weighted by atomic mass is 127. The molecule has 0 bridgehead atoms. The van der Waals surface area contributed by atoms with Crippen LogP contribution in [0.4, 0.5) is 0 Å². The quantitative estimate of drug-likeness (QED) is 0.382. The van der Waals surface area contributed by atoms with Crippen LogP contribution in [0.1, 0.15) is 44.8 Å². The van der Waals surface area contributed by atoms with E-state index in [1.165, 1.54) is 10.7 Å². The van der Waals surface area contributed by atoms with Gasteiger partial charge in [-0.15, -0.1) is 35.3 Å². The molecular weight excluding hydrogens is 395 g/mol. The second kappa shape index (κ2) is 12.2. The van der Waals surface area contributed by atoms with Gasteiger partial charge in [0, 0.05) is 31.4 Å². The van der Waals surface area contributed by atoms with Crippen LogP contribution >= 0.6 is 35.3 Å². The number of aryl methyl sites for hydroxylation is 1. The fraction of sp³-hybridized carbons (Fsp3) is 0.733. The molecule has 1 rings (SSSR count). The van der Waals surface area contributed by atoms with Gasteiger partial charge in [-0.1, -0.05) is 20.8 Å². The Hall–Kier alpha value is -0.370. The average molecular weight is 424 g/mol. The molecule has 6 heteroatoms. The summed E-state index contributed by atoms with van der Waals surface area (Å²) in [6.07, 6.45) is 3.10. The van der Waals surface area contributed by atoms with Gasteiger partial charge in [-0.3, -0.25) is 4.99 Å². The minimum atomic E-state index is 0. The van der Waals surface area contributed by atoms with E-state index in [2.05, 4.69) is 53.7 Å². The van der Waals surface area contributed by atoms with Crippen LogP contribution in [0, 0.1) is 5.92 Å². The summed E-state index contributed by atoms with van der Waals surface area (Å²) >= 11 is 1.75. The van der Waals surface area contributed by atoms with Gasteiger partial charge >= 0.3 is 0 Å². The first-order chi connectivity index (χ1) is 9.65. The Morgan fingerprint density at radius 2 is 2.10 bits per heavy atom. The van der Waals surface area contributed by atoms with Crippen LogP contribution < -0.4 is 10.6 Å². The third-order valence-electron chi connectivity index (χ3n) is 2.90. The van der Waals surface area contributed by atoms with Crippen molar-refractivity contribution in [3.8, 4) is 0 Å². The molecule has 1 aromatic heterocycles. The molecule has 0 fully saturated rings. The van der Waals surface area contributed by atoms with Crippen molar-refractivity contribution < 1.29 is 0 Å². The predicted octanol–water partition coefficient (Wildman–Crippen LogP) is 3.47. The minimum Gasteiger partial charge on any atom is -0.357 e. The lowest BCUT2D eigenvalue weighted by atomic mass is 10.1. The van der Waals surface area contributed by atoms with Crippen molar-refractivity contribution in [2.24, 2.45) is 10.9 Å². The lowest BCUT2D eigenvalue weighted by molar-refractivity contribution is 0.594. The van der Waals surface area contributed by atoms with Crippen molar-refractivity contribution in [1.82, 2.24) is 15.6 Å². The van der Waals surface area contributed by atoms with Crippen LogP contribution in [0.5, 0.6) is 0 Å². The summed E-state index contributed by atoms with van der Waals surface area (Å²) in [5.74, 6) is 1.61. The van der Waals surface area contributed by atoms with Crippen molar-refractivity contribution in [1.29, 1.82) is 0 Å². The van der Waals surface area contributed by atoms with Crippen molar-refractivity contribution in [2.75, 3.05) is 19.6 Å². The van der Waals surface area contributed by atoms with E-state index in [9.17, 15) is 0 Å². The molecule has 4 nitrogen and oxygen atoms in total. The van der Waals surface area contributed by atoms with Gasteiger partial charge in [0.2, 0.25) is 0 Å². The Balaban J connectivity index is 0.00000400. The number of guanidine groups is 1. The van der Waals surface area contributed by atoms with Crippen LogP contribution in [-0.4, -0.2) is 30.6 Å². The van der Waals surface area contributed by atoms with Gasteiger partial charge in [0.1, 0.15) is 0 Å². The Morgan fingerprint density at radius 3 is 2.67 bits per heavy atom. The maximum Gasteiger partial charge on any atom is 0.191 e. The maximum atomic E-state index is 4.58. The number of nitrogens with zero attached hydrogens (tertiary/aromatic N) is 2. The van der Waals surface area contributed by atoms with Gasteiger partial charge in [-0.2, -0.15) is 0 Å². The third kappa shape index (κ3) is 9.29. The van der Waals surface area contributed by atoms with Gasteiger partial charge in [-0.25, -0.2) is 4.98 Å². The molecule has 0 radical (unpaired) electrons. The van der Waals surface area contributed by atoms with E-state index in [1.54, 1.807) is 11.3 Å². The summed E-state index contributed by atoms with van der Waals surface area (Å²) in [6.45, 7) is 11.3. The highest BCUT2D eigenvalue weighted by Crippen LogP contribution is 2.10. The number of halogens is 1. The van der Waals surface area contributed by atoms with Crippen LogP contribution in [0.2, 0.25) is 0 Å². The molecule has 0 unspecified atom stereocenters. The number of hydrogen-bond donors (Lipinski definition) is 2. The van der Waals surface area contributed by atoms with E-state index in [0.717, 1.165) is 44.9 Å². The Bertz CT molecular complexity index is 404. The molecule has 0 aromatic carbocycles. The monoisotopic (exact) mass is 424 g/mol. The van der Waals surface area contributed by atoms with E-state index in [4.69, 9.17) is 0 Å². The molecule has 0 aliphatic heterocycles. The van der Waals surface area contributed by atoms with Crippen LogP contribution in [0.25, 0.3) is 0 Å². The molecule has 0 saturated heterocycles. The highest BCUT2D eigenvalue weighted by Gasteiger charge is 2.02. The highest BCUT2D eigenvalue weighted by molar-refractivity contribution is 14.0. The topological polar surface area (TPSA) is 49.3 Å². The van der Waals surface area contributed by atoms with Gasteiger partial charge in [-0.05, 0) is 25.7 Å². The Kier molecular flexibility index (Phi) is 12.0. The van der Waals surface area contributed by atoms with Crippen molar-refractivity contribution >= 4 is 41.3 Å². The average Bonchev–Trinajstić information content (AvgIpc) is 2.86. The van der Waals surface area contributed by atoms with Gasteiger partial charge in [0.25, 0.3) is 0 Å². The molecule has 0 aliphatic carbocycles. The predicted molar refractivity (Wildman–Crippen MR) is 104 cm³/mol. The fourth-order valence-corrected chi connectivity index (χ4v) is 2.49. The zero-order valence-corrected chi connectivity index (χ0v) is 16.8. The van der Waals surface area contributed by atoms with Gasteiger partial charge in [0.05, 0.1) is 10.7 Å². The molecule has 122 valence electrons. The lowest BCUT2D eigenvalue weighted by Crippen LogP contribution is -2.38. The van der Waals surface area contributed by atoms with E-state index in [0.29, 0.717) is 5.92 Å². The zero-order chi connectivity index (χ0) is 14.8. The first-order valence-corrected chi connectivity index (χ1v) is 8.49. The number of nitrogens with one attached hydrogen (secondary N) is 2. The second-order valence-corrected chi connectivity index (χ2v) is 6.15. The molecule has 0 saturated carbocycles. The number of aliphatic imine (C=N–C) groups is 1. The summed E-state index contributed by atoms with van der Waals surface area (Å²) in [5.41, 5.74) is 1.18. The maximum absolute atomic E-state index is 4.58. The summed E-state index contributed by atoms with van der Waals surface area (Å²) in [5, 5.41) is 10.0. The third-order valence-corrected chi connectivity index (χ3v) is 3.94. The molecule has 0 aliphatic rings. The van der Waals surface area contributed by atoms with E-state index in [1.807, 2.05) is 0 Å². The minimum absolute atomic E-state index is 0. The normalized spacial score (nSPS) is 11.4. The smallest absolute Gasteiger partial charge is 0.191 e. The van der Waals surface area contributed by atoms with Gasteiger partial charge < -0.3 is 10.6 Å². The molecule has 0 spiro atoms. The molecule has 1 heterocycles. The fourth-order valence-electron chi connectivity index (χ4n) is 1.71. The molecular formula is C15H29IN4S. The van der Waals surface area contributed by atoms with Crippen molar-refractivity contribution in [3.63, 3.8) is 0 Å². The van der Waals surface area contributed by atoms with Gasteiger partial charge in [0.15, 0.2) is 5.96 Å². The number of hydrogen-bond acceptors (Lipinski definition) is 3. The van der Waals surface area contributed by atoms with Crippen molar-refractivity contribution in [3.05, 3.63) is 16.1 Å². The molecule has 0 amide bonds. The molecule has 2 N–H and O–H groups in total. The number of thiazole rings is 1. The first-order valence-electron chi connectivity index (χ1n) is 7.61. The molecule has 0 atom stereocenters. The van der Waals surface area contributed by atoms with Crippen LogP contribution in [-0.2, 0) is 12.8 Å². The Morgan fingerprint density at radius 1 is 1.33 bits per heavy atom. The molecule has 21 heavy (non-hydrogen) atoms. The summed E-state index contributed by atoms with van der Waals surface area (Å²) in [7, 11) is 0. The van der Waals surface area contributed by atoms with Crippen molar-refractivity contribution in [2.45, 2.75) is 47.0 Å². The first kappa shape index (κ1) is 20.6. The summed E-state index contributed by atoms with van der Waals surface area (Å²) in [6, 6.07) is 0. The van der Waals surface area contributed by atoms with Crippen LogP contribution in [0.15, 0.2) is 10.4 Å². The van der Waals surface area contributed by atoms with E-state index in [-0.39, 0.29) is 24.0 Å². The largest absolute Gasteiger partial charge is 0.357 e. The second-order valence-electron chi connectivity index (χ2n) is 5.21. The lowest BCUT2D eigenvalue weighted by Gasteiger charge is -2.11. The Labute approximate surface area is 150 Å². The summed E-state index contributed by atoms with van der Waals surface area (Å²) in [4.78, 5) is 9.16. The standard InChI is InChI=1S/C15H28N4S.HI/c1-5-14-19-13(11-20-14)8-10-18-15(16-6-2)17-9-7-12(3)4;/h11-12H,5-10H2,1-4H3,(H2,16,17,18);1H. The number of rotatable bonds is 8. The SMILES string of the molecule is CCNC(=NCCC(C)C)NCCc1csc(CC)n1.I. The van der Waals surface area contributed by atoms with E-state index < -0.39 is 0 Å². The van der Waals surface area contributed by atoms with E-state index >= 15 is 0 Å². The summed E-state index contributed by atoms with van der Waals surface area (Å²) < 4.78 is 0.